The van der Waals surface area contributed by atoms with Crippen molar-refractivity contribution in [3.8, 4) is 11.4 Å². The van der Waals surface area contributed by atoms with E-state index in [0.29, 0.717) is 5.82 Å². The molecule has 0 radical (unpaired) electrons. The van der Waals surface area contributed by atoms with E-state index in [1.54, 1.807) is 12.3 Å². The average Bonchev–Trinajstić information content (AvgIpc) is 2.71. The molecule has 0 saturated carbocycles. The molecule has 2 heterocycles. The van der Waals surface area contributed by atoms with Crippen LogP contribution in [-0.2, 0) is 6.61 Å². The first-order chi connectivity index (χ1) is 6.31. The van der Waals surface area contributed by atoms with Gasteiger partial charge in [-0.2, -0.15) is 4.98 Å². The van der Waals surface area contributed by atoms with Crippen LogP contribution < -0.4 is 0 Å². The van der Waals surface area contributed by atoms with Gasteiger partial charge in [-0.3, -0.25) is 0 Å². The summed E-state index contributed by atoms with van der Waals surface area (Å²) in [6, 6.07) is 1.75. The van der Waals surface area contributed by atoms with E-state index in [4.69, 9.17) is 14.0 Å². The maximum absolute atomic E-state index is 8.70. The van der Waals surface area contributed by atoms with E-state index in [9.17, 15) is 0 Å². The van der Waals surface area contributed by atoms with E-state index in [-0.39, 0.29) is 12.5 Å². The molecule has 2 aromatic heterocycles. The van der Waals surface area contributed by atoms with Gasteiger partial charge >= 0.3 is 0 Å². The molecular formula is C8H8N2O3. The lowest BCUT2D eigenvalue weighted by atomic mass is 10.2. The number of hydrogen-bond donors (Lipinski definition) is 1. The highest BCUT2D eigenvalue weighted by atomic mass is 16.5. The maximum Gasteiger partial charge on any atom is 0.252 e. The van der Waals surface area contributed by atoms with Crippen LogP contribution in [-0.4, -0.2) is 15.2 Å². The van der Waals surface area contributed by atoms with Crippen LogP contribution in [0, 0.1) is 6.92 Å². The molecule has 5 nitrogen and oxygen atoms in total. The SMILES string of the molecule is Cc1occc1-c1noc(CO)n1. The van der Waals surface area contributed by atoms with E-state index in [1.807, 2.05) is 6.92 Å². The summed E-state index contributed by atoms with van der Waals surface area (Å²) in [5, 5.41) is 12.4. The quantitative estimate of drug-likeness (QED) is 0.749. The molecule has 0 saturated heterocycles. The van der Waals surface area contributed by atoms with Gasteiger partial charge in [-0.25, -0.2) is 0 Å². The molecule has 2 aromatic rings. The fourth-order valence-corrected chi connectivity index (χ4v) is 1.05. The van der Waals surface area contributed by atoms with E-state index in [2.05, 4.69) is 10.1 Å². The van der Waals surface area contributed by atoms with Crippen molar-refractivity contribution in [2.75, 3.05) is 0 Å². The number of aromatic nitrogens is 2. The number of aryl methyl sites for hydroxylation is 1. The van der Waals surface area contributed by atoms with Gasteiger partial charge in [0, 0.05) is 0 Å². The molecule has 0 aromatic carbocycles. The number of hydrogen-bond acceptors (Lipinski definition) is 5. The van der Waals surface area contributed by atoms with E-state index in [1.165, 1.54) is 0 Å². The fourth-order valence-electron chi connectivity index (χ4n) is 1.05. The predicted molar refractivity (Wildman–Crippen MR) is 42.7 cm³/mol. The third-order valence-corrected chi connectivity index (χ3v) is 1.70. The van der Waals surface area contributed by atoms with Crippen molar-refractivity contribution in [2.24, 2.45) is 0 Å². The van der Waals surface area contributed by atoms with Gasteiger partial charge in [0.05, 0.1) is 11.8 Å². The van der Waals surface area contributed by atoms with Gasteiger partial charge in [0.2, 0.25) is 5.82 Å². The molecule has 5 heteroatoms. The molecule has 0 fully saturated rings. The lowest BCUT2D eigenvalue weighted by Gasteiger charge is -1.87. The molecule has 0 atom stereocenters. The number of rotatable bonds is 2. The van der Waals surface area contributed by atoms with Crippen LogP contribution in [0.1, 0.15) is 11.7 Å². The summed E-state index contributed by atoms with van der Waals surface area (Å²) in [6.45, 7) is 1.56. The van der Waals surface area contributed by atoms with Crippen LogP contribution in [0.3, 0.4) is 0 Å². The van der Waals surface area contributed by atoms with Crippen LogP contribution >= 0.6 is 0 Å². The first kappa shape index (κ1) is 8.00. The second kappa shape index (κ2) is 3.02. The Morgan fingerprint density at radius 1 is 1.54 bits per heavy atom. The van der Waals surface area contributed by atoms with Crippen molar-refractivity contribution < 1.29 is 14.0 Å². The Bertz CT molecular complexity index is 405. The Hall–Kier alpha value is -1.62. The van der Waals surface area contributed by atoms with Gasteiger partial charge in [-0.1, -0.05) is 5.16 Å². The average molecular weight is 180 g/mol. The topological polar surface area (TPSA) is 72.3 Å². The molecule has 0 unspecified atom stereocenters. The largest absolute Gasteiger partial charge is 0.469 e. The van der Waals surface area contributed by atoms with Gasteiger partial charge < -0.3 is 14.0 Å². The van der Waals surface area contributed by atoms with Gasteiger partial charge in [-0.15, -0.1) is 0 Å². The second-order valence-electron chi connectivity index (χ2n) is 2.56. The van der Waals surface area contributed by atoms with Crippen LogP contribution in [0.25, 0.3) is 11.4 Å². The zero-order chi connectivity index (χ0) is 9.26. The maximum atomic E-state index is 8.70. The van der Waals surface area contributed by atoms with Crippen molar-refractivity contribution in [1.29, 1.82) is 0 Å². The number of aliphatic hydroxyl groups excluding tert-OH is 1. The van der Waals surface area contributed by atoms with Crippen LogP contribution in [0.5, 0.6) is 0 Å². The van der Waals surface area contributed by atoms with Crippen molar-refractivity contribution in [2.45, 2.75) is 13.5 Å². The number of aliphatic hydroxyl groups is 1. The Balaban J connectivity index is 2.41. The molecule has 13 heavy (non-hydrogen) atoms. The van der Waals surface area contributed by atoms with Gasteiger partial charge in [0.1, 0.15) is 12.4 Å². The standard InChI is InChI=1S/C8H8N2O3/c1-5-6(2-3-12-5)8-9-7(4-11)13-10-8/h2-3,11H,4H2,1H3. The van der Waals surface area contributed by atoms with E-state index < -0.39 is 0 Å². The van der Waals surface area contributed by atoms with Crippen molar-refractivity contribution in [3.05, 3.63) is 24.0 Å². The van der Waals surface area contributed by atoms with E-state index in [0.717, 1.165) is 11.3 Å². The summed E-state index contributed by atoms with van der Waals surface area (Å²) in [5.74, 6) is 1.37. The Kier molecular flexibility index (Phi) is 1.86. The van der Waals surface area contributed by atoms with Crippen molar-refractivity contribution in [1.82, 2.24) is 10.1 Å². The van der Waals surface area contributed by atoms with Gasteiger partial charge in [0.15, 0.2) is 0 Å². The van der Waals surface area contributed by atoms with Crippen LogP contribution in [0.4, 0.5) is 0 Å². The summed E-state index contributed by atoms with van der Waals surface area (Å²) < 4.78 is 9.82. The zero-order valence-electron chi connectivity index (χ0n) is 7.02. The minimum absolute atomic E-state index is 0.204. The van der Waals surface area contributed by atoms with Crippen molar-refractivity contribution >= 4 is 0 Å². The third kappa shape index (κ3) is 1.33. The minimum atomic E-state index is -0.246. The van der Waals surface area contributed by atoms with Crippen LogP contribution in [0.2, 0.25) is 0 Å². The molecule has 0 aliphatic heterocycles. The predicted octanol–water partition coefficient (Wildman–Crippen LogP) is 1.13. The molecular weight excluding hydrogens is 172 g/mol. The lowest BCUT2D eigenvalue weighted by Crippen LogP contribution is -1.83. The molecule has 0 amide bonds. The molecule has 1 N–H and O–H groups in total. The molecule has 68 valence electrons. The monoisotopic (exact) mass is 180 g/mol. The van der Waals surface area contributed by atoms with Gasteiger partial charge in [-0.05, 0) is 13.0 Å². The minimum Gasteiger partial charge on any atom is -0.469 e. The zero-order valence-corrected chi connectivity index (χ0v) is 7.02. The molecule has 0 bridgehead atoms. The fraction of sp³-hybridized carbons (Fsp3) is 0.250. The van der Waals surface area contributed by atoms with Crippen molar-refractivity contribution in [3.63, 3.8) is 0 Å². The highest BCUT2D eigenvalue weighted by molar-refractivity contribution is 5.55. The lowest BCUT2D eigenvalue weighted by molar-refractivity contribution is 0.222. The Morgan fingerprint density at radius 2 is 2.38 bits per heavy atom. The Morgan fingerprint density at radius 3 is 2.92 bits per heavy atom. The Labute approximate surface area is 74.0 Å². The first-order valence-corrected chi connectivity index (χ1v) is 3.79. The molecule has 0 spiro atoms. The summed E-state index contributed by atoms with van der Waals surface area (Å²) in [4.78, 5) is 3.94. The van der Waals surface area contributed by atoms with Gasteiger partial charge in [0.25, 0.3) is 5.89 Å². The molecule has 2 rings (SSSR count). The highest BCUT2D eigenvalue weighted by Crippen LogP contribution is 2.20. The number of nitrogens with zero attached hydrogens (tertiary/aromatic N) is 2. The van der Waals surface area contributed by atoms with E-state index >= 15 is 0 Å². The summed E-state index contributed by atoms with van der Waals surface area (Å²) >= 11 is 0. The number of furan rings is 1. The first-order valence-electron chi connectivity index (χ1n) is 3.79. The molecule has 0 aliphatic rings. The van der Waals surface area contributed by atoms with Crippen LogP contribution in [0.15, 0.2) is 21.3 Å². The normalized spacial score (nSPS) is 10.6. The molecule has 0 aliphatic carbocycles. The smallest absolute Gasteiger partial charge is 0.252 e. The summed E-state index contributed by atoms with van der Waals surface area (Å²) in [5.41, 5.74) is 0.781. The second-order valence-corrected chi connectivity index (χ2v) is 2.56. The highest BCUT2D eigenvalue weighted by Gasteiger charge is 2.11. The third-order valence-electron chi connectivity index (χ3n) is 1.70. The summed E-state index contributed by atoms with van der Waals surface area (Å²) in [6.07, 6.45) is 1.56. The summed E-state index contributed by atoms with van der Waals surface area (Å²) in [7, 11) is 0.